The molecule has 0 unspecified atom stereocenters. The molecular formula is C13H10ClNO3. The highest BCUT2D eigenvalue weighted by atomic mass is 35.5. The molecule has 18 heavy (non-hydrogen) atoms. The van der Waals surface area contributed by atoms with E-state index in [-0.39, 0.29) is 5.56 Å². The van der Waals surface area contributed by atoms with E-state index in [2.05, 4.69) is 0 Å². The molecule has 0 aliphatic heterocycles. The maximum Gasteiger partial charge on any atom is 0.341 e. The van der Waals surface area contributed by atoms with Crippen LogP contribution in [0.25, 0.3) is 5.69 Å². The minimum atomic E-state index is -1.23. The van der Waals surface area contributed by atoms with Crippen LogP contribution in [0, 0.1) is 6.92 Å². The highest BCUT2D eigenvalue weighted by molar-refractivity contribution is 6.30. The number of hydrogen-bond donors (Lipinski definition) is 1. The van der Waals surface area contributed by atoms with E-state index in [1.807, 2.05) is 0 Å². The van der Waals surface area contributed by atoms with Gasteiger partial charge in [0.25, 0.3) is 0 Å². The molecule has 0 spiro atoms. The number of carbonyl (C=O) groups is 1. The van der Waals surface area contributed by atoms with E-state index in [4.69, 9.17) is 16.7 Å². The lowest BCUT2D eigenvalue weighted by Crippen LogP contribution is -2.18. The average Bonchev–Trinajstić information content (AvgIpc) is 2.30. The quantitative estimate of drug-likeness (QED) is 0.906. The normalized spacial score (nSPS) is 10.3. The van der Waals surface area contributed by atoms with Gasteiger partial charge < -0.3 is 9.67 Å². The largest absolute Gasteiger partial charge is 0.477 e. The molecule has 0 aliphatic carbocycles. The lowest BCUT2D eigenvalue weighted by Gasteiger charge is -2.11. The standard InChI is InChI=1S/C13H10ClNO3/c1-8-6-12(16)11(13(17)18)7-15(8)10-4-2-9(14)3-5-10/h2-7H,1H3,(H,17,18). The second-order valence-corrected chi connectivity index (χ2v) is 4.28. The Hall–Kier alpha value is -2.07. The maximum absolute atomic E-state index is 11.5. The summed E-state index contributed by atoms with van der Waals surface area (Å²) in [6.45, 7) is 1.74. The van der Waals surface area contributed by atoms with Gasteiger partial charge in [0, 0.05) is 28.7 Å². The summed E-state index contributed by atoms with van der Waals surface area (Å²) in [5.74, 6) is -1.23. The first-order valence-electron chi connectivity index (χ1n) is 5.21. The smallest absolute Gasteiger partial charge is 0.341 e. The van der Waals surface area contributed by atoms with Crippen molar-refractivity contribution in [1.29, 1.82) is 0 Å². The zero-order valence-corrected chi connectivity index (χ0v) is 10.3. The van der Waals surface area contributed by atoms with Gasteiger partial charge in [0.1, 0.15) is 5.56 Å². The second-order valence-electron chi connectivity index (χ2n) is 3.84. The molecule has 4 nitrogen and oxygen atoms in total. The van der Waals surface area contributed by atoms with E-state index < -0.39 is 11.4 Å². The van der Waals surface area contributed by atoms with Crippen molar-refractivity contribution in [2.24, 2.45) is 0 Å². The number of halogens is 1. The van der Waals surface area contributed by atoms with Crippen molar-refractivity contribution >= 4 is 17.6 Å². The lowest BCUT2D eigenvalue weighted by atomic mass is 10.2. The van der Waals surface area contributed by atoms with E-state index >= 15 is 0 Å². The Morgan fingerprint density at radius 2 is 1.89 bits per heavy atom. The number of carboxylic acids is 1. The summed E-state index contributed by atoms with van der Waals surface area (Å²) in [5, 5.41) is 9.53. The maximum atomic E-state index is 11.5. The van der Waals surface area contributed by atoms with Gasteiger partial charge in [-0.3, -0.25) is 4.79 Å². The first-order chi connectivity index (χ1) is 8.49. The number of carboxylic acid groups (broad SMARTS) is 1. The molecule has 2 rings (SSSR count). The SMILES string of the molecule is Cc1cc(=O)c(C(=O)O)cn1-c1ccc(Cl)cc1. The first kappa shape index (κ1) is 12.4. The van der Waals surface area contributed by atoms with Crippen LogP contribution in [0.15, 0.2) is 41.3 Å². The van der Waals surface area contributed by atoms with Gasteiger partial charge >= 0.3 is 5.97 Å². The molecular weight excluding hydrogens is 254 g/mol. The zero-order chi connectivity index (χ0) is 13.3. The number of pyridine rings is 1. The topological polar surface area (TPSA) is 59.3 Å². The summed E-state index contributed by atoms with van der Waals surface area (Å²) < 4.78 is 1.64. The number of nitrogens with zero attached hydrogens (tertiary/aromatic N) is 1. The predicted octanol–water partition coefficient (Wildman–Crippen LogP) is 2.50. The van der Waals surface area contributed by atoms with E-state index in [1.165, 1.54) is 12.3 Å². The van der Waals surface area contributed by atoms with Gasteiger partial charge in [-0.15, -0.1) is 0 Å². The van der Waals surface area contributed by atoms with E-state index in [0.29, 0.717) is 10.7 Å². The number of rotatable bonds is 2. The van der Waals surface area contributed by atoms with Crippen LogP contribution in [-0.2, 0) is 0 Å². The van der Waals surface area contributed by atoms with Crippen LogP contribution in [0.1, 0.15) is 16.1 Å². The molecule has 5 heteroatoms. The minimum absolute atomic E-state index is 0.254. The van der Waals surface area contributed by atoms with Crippen molar-refractivity contribution in [3.63, 3.8) is 0 Å². The number of aromatic carboxylic acids is 1. The van der Waals surface area contributed by atoms with Gasteiger partial charge in [-0.2, -0.15) is 0 Å². The van der Waals surface area contributed by atoms with Gasteiger partial charge in [-0.05, 0) is 31.2 Å². The van der Waals surface area contributed by atoms with Crippen molar-refractivity contribution in [3.8, 4) is 5.69 Å². The average molecular weight is 264 g/mol. The number of aryl methyl sites for hydroxylation is 1. The molecule has 0 amide bonds. The predicted molar refractivity (Wildman–Crippen MR) is 68.7 cm³/mol. The van der Waals surface area contributed by atoms with Crippen molar-refractivity contribution in [3.05, 3.63) is 63.0 Å². The Bertz CT molecular complexity index is 659. The van der Waals surface area contributed by atoms with Crippen LogP contribution in [0.4, 0.5) is 0 Å². The number of benzene rings is 1. The summed E-state index contributed by atoms with van der Waals surface area (Å²) in [6, 6.07) is 8.22. The van der Waals surface area contributed by atoms with Crippen molar-refractivity contribution < 1.29 is 9.90 Å². The van der Waals surface area contributed by atoms with Crippen LogP contribution in [0.3, 0.4) is 0 Å². The van der Waals surface area contributed by atoms with Crippen LogP contribution >= 0.6 is 11.6 Å². The molecule has 1 aromatic heterocycles. The Morgan fingerprint density at radius 1 is 1.28 bits per heavy atom. The Labute approximate surface area is 108 Å². The van der Waals surface area contributed by atoms with Crippen molar-refractivity contribution in [2.75, 3.05) is 0 Å². The van der Waals surface area contributed by atoms with Gasteiger partial charge in [-0.1, -0.05) is 11.6 Å². The molecule has 0 radical (unpaired) electrons. The molecule has 0 saturated heterocycles. The van der Waals surface area contributed by atoms with Crippen LogP contribution in [0.5, 0.6) is 0 Å². The third-order valence-electron chi connectivity index (χ3n) is 2.58. The molecule has 0 bridgehead atoms. The highest BCUT2D eigenvalue weighted by Crippen LogP contribution is 2.15. The molecule has 0 aliphatic rings. The highest BCUT2D eigenvalue weighted by Gasteiger charge is 2.11. The molecule has 1 aromatic carbocycles. The summed E-state index contributed by atoms with van der Waals surface area (Å²) in [7, 11) is 0. The number of hydrogen-bond acceptors (Lipinski definition) is 2. The third-order valence-corrected chi connectivity index (χ3v) is 2.83. The van der Waals surface area contributed by atoms with Gasteiger partial charge in [0.15, 0.2) is 5.43 Å². The Balaban J connectivity index is 2.64. The van der Waals surface area contributed by atoms with Crippen molar-refractivity contribution in [2.45, 2.75) is 6.92 Å². The molecule has 2 aromatic rings. The van der Waals surface area contributed by atoms with E-state index in [9.17, 15) is 9.59 Å². The second kappa shape index (κ2) is 4.66. The van der Waals surface area contributed by atoms with Crippen LogP contribution < -0.4 is 5.43 Å². The zero-order valence-electron chi connectivity index (χ0n) is 9.55. The minimum Gasteiger partial charge on any atom is -0.477 e. The summed E-state index contributed by atoms with van der Waals surface area (Å²) >= 11 is 5.79. The van der Waals surface area contributed by atoms with Crippen LogP contribution in [-0.4, -0.2) is 15.6 Å². The van der Waals surface area contributed by atoms with Gasteiger partial charge in [0.2, 0.25) is 0 Å². The van der Waals surface area contributed by atoms with Gasteiger partial charge in [-0.25, -0.2) is 4.79 Å². The summed E-state index contributed by atoms with van der Waals surface area (Å²) in [5.41, 5.74) is 0.660. The molecule has 0 atom stereocenters. The molecule has 1 heterocycles. The van der Waals surface area contributed by atoms with Crippen molar-refractivity contribution in [1.82, 2.24) is 4.57 Å². The van der Waals surface area contributed by atoms with Crippen LogP contribution in [0.2, 0.25) is 5.02 Å². The Morgan fingerprint density at radius 3 is 2.44 bits per heavy atom. The molecule has 1 N–H and O–H groups in total. The van der Waals surface area contributed by atoms with E-state index in [0.717, 1.165) is 5.69 Å². The molecule has 0 fully saturated rings. The molecule has 92 valence electrons. The molecule has 0 saturated carbocycles. The van der Waals surface area contributed by atoms with Gasteiger partial charge in [0.05, 0.1) is 0 Å². The summed E-state index contributed by atoms with van der Waals surface area (Å²) in [4.78, 5) is 22.4. The fourth-order valence-electron chi connectivity index (χ4n) is 1.67. The Kier molecular flexibility index (Phi) is 3.21. The summed E-state index contributed by atoms with van der Waals surface area (Å²) in [6.07, 6.45) is 1.32. The third kappa shape index (κ3) is 2.28. The first-order valence-corrected chi connectivity index (χ1v) is 5.59. The fraction of sp³-hybridized carbons (Fsp3) is 0.0769. The van der Waals surface area contributed by atoms with E-state index in [1.54, 1.807) is 35.8 Å². The lowest BCUT2D eigenvalue weighted by molar-refractivity contribution is 0.0695. The number of aromatic nitrogens is 1. The fourth-order valence-corrected chi connectivity index (χ4v) is 1.80. The monoisotopic (exact) mass is 263 g/mol.